The lowest BCUT2D eigenvalue weighted by Gasteiger charge is -2.29. The average molecular weight is 452 g/mol. The molecule has 8 nitrogen and oxygen atoms in total. The molecule has 166 valence electrons. The second-order valence-corrected chi connectivity index (χ2v) is 8.48. The van der Waals surface area contributed by atoms with E-state index in [1.54, 1.807) is 12.5 Å². The summed E-state index contributed by atoms with van der Waals surface area (Å²) in [5.74, 6) is 1.59. The topological polar surface area (TPSA) is 70.8 Å². The Balaban J connectivity index is 1.46. The van der Waals surface area contributed by atoms with Crippen molar-refractivity contribution in [2.24, 2.45) is 0 Å². The summed E-state index contributed by atoms with van der Waals surface area (Å²) in [7, 11) is 2.07. The average Bonchev–Trinajstić information content (AvgIpc) is 3.31. The van der Waals surface area contributed by atoms with Gasteiger partial charge in [-0.2, -0.15) is 0 Å². The number of likely N-dealkylation sites (N-methyl/N-ethyl adjacent to an activating group) is 1. The molecule has 1 aliphatic rings. The van der Waals surface area contributed by atoms with Crippen LogP contribution in [-0.2, 0) is 4.74 Å². The molecular weight excluding hydrogens is 426 g/mol. The first kappa shape index (κ1) is 20.9. The van der Waals surface area contributed by atoms with Crippen LogP contribution in [0.3, 0.4) is 0 Å². The molecule has 3 aromatic heterocycles. The number of aromatic nitrogens is 4. The van der Waals surface area contributed by atoms with Crippen LogP contribution in [0.25, 0.3) is 16.6 Å². The van der Waals surface area contributed by atoms with Gasteiger partial charge in [0.2, 0.25) is 0 Å². The highest BCUT2D eigenvalue weighted by Gasteiger charge is 2.15. The number of pyridine rings is 1. The van der Waals surface area contributed by atoms with Crippen molar-refractivity contribution < 1.29 is 4.74 Å². The molecule has 0 saturated carbocycles. The quantitative estimate of drug-likeness (QED) is 0.478. The van der Waals surface area contributed by atoms with E-state index in [0.29, 0.717) is 10.8 Å². The van der Waals surface area contributed by atoms with Crippen molar-refractivity contribution in [3.05, 3.63) is 53.6 Å². The number of hydrogen-bond donors (Lipinski definition) is 1. The van der Waals surface area contributed by atoms with Gasteiger partial charge in [0.25, 0.3) is 0 Å². The maximum Gasteiger partial charge on any atom is 0.157 e. The Kier molecular flexibility index (Phi) is 5.82. The fourth-order valence-corrected chi connectivity index (χ4v) is 4.25. The molecule has 0 atom stereocenters. The Morgan fingerprint density at radius 2 is 2.03 bits per heavy atom. The standard InChI is InChI=1S/C23H26ClN7O/c1-16-4-3-5-17(24)22(16)28-23-20-13-25-15-31(20)19-14-26-21(12-18(19)27-23)29(2)6-7-30-8-10-32-11-9-30/h3-5,12-15H,6-11H2,1-2H3,(H,27,28). The third-order valence-electron chi connectivity index (χ3n) is 5.93. The Hall–Kier alpha value is -2.94. The van der Waals surface area contributed by atoms with Crippen LogP contribution >= 0.6 is 11.6 Å². The number of morpholine rings is 1. The fourth-order valence-electron chi connectivity index (χ4n) is 3.98. The summed E-state index contributed by atoms with van der Waals surface area (Å²) >= 11 is 6.45. The number of nitrogens with zero attached hydrogens (tertiary/aromatic N) is 6. The molecule has 4 aromatic rings. The molecule has 0 amide bonds. The van der Waals surface area contributed by atoms with Crippen LogP contribution in [0.1, 0.15) is 5.56 Å². The van der Waals surface area contributed by atoms with E-state index in [9.17, 15) is 0 Å². The zero-order valence-electron chi connectivity index (χ0n) is 18.3. The molecule has 0 unspecified atom stereocenters. The van der Waals surface area contributed by atoms with Gasteiger partial charge in [0.15, 0.2) is 5.82 Å². The van der Waals surface area contributed by atoms with Gasteiger partial charge in [-0.05, 0) is 18.6 Å². The molecule has 1 saturated heterocycles. The van der Waals surface area contributed by atoms with E-state index in [1.165, 1.54) is 0 Å². The summed E-state index contributed by atoms with van der Waals surface area (Å²) in [5.41, 5.74) is 4.51. The maximum absolute atomic E-state index is 6.45. The Labute approximate surface area is 191 Å². The van der Waals surface area contributed by atoms with E-state index in [4.69, 9.17) is 26.3 Å². The first-order chi connectivity index (χ1) is 15.6. The molecule has 32 heavy (non-hydrogen) atoms. The van der Waals surface area contributed by atoms with Crippen LogP contribution < -0.4 is 10.2 Å². The minimum atomic E-state index is 0.655. The van der Waals surface area contributed by atoms with Gasteiger partial charge in [0, 0.05) is 39.3 Å². The van der Waals surface area contributed by atoms with Gasteiger partial charge in [0.1, 0.15) is 11.3 Å². The van der Waals surface area contributed by atoms with Crippen molar-refractivity contribution in [2.75, 3.05) is 56.7 Å². The molecule has 0 spiro atoms. The van der Waals surface area contributed by atoms with Crippen LogP contribution in [0.5, 0.6) is 0 Å². The number of anilines is 3. The number of aryl methyl sites for hydroxylation is 1. The molecule has 1 aliphatic heterocycles. The summed E-state index contributed by atoms with van der Waals surface area (Å²) < 4.78 is 7.44. The summed E-state index contributed by atoms with van der Waals surface area (Å²) in [6.07, 6.45) is 5.44. The third kappa shape index (κ3) is 4.09. The molecule has 9 heteroatoms. The third-order valence-corrected chi connectivity index (χ3v) is 6.25. The lowest BCUT2D eigenvalue weighted by molar-refractivity contribution is 0.0393. The van der Waals surface area contributed by atoms with Crippen molar-refractivity contribution in [1.82, 2.24) is 24.3 Å². The summed E-state index contributed by atoms with van der Waals surface area (Å²) in [4.78, 5) is 18.5. The molecule has 1 N–H and O–H groups in total. The number of fused-ring (bicyclic) bond motifs is 3. The van der Waals surface area contributed by atoms with Crippen molar-refractivity contribution in [2.45, 2.75) is 6.92 Å². The van der Waals surface area contributed by atoms with E-state index < -0.39 is 0 Å². The Bertz CT molecular complexity index is 1230. The number of benzene rings is 1. The monoisotopic (exact) mass is 451 g/mol. The van der Waals surface area contributed by atoms with E-state index in [0.717, 1.165) is 73.0 Å². The van der Waals surface area contributed by atoms with Crippen LogP contribution in [0.15, 0.2) is 43.0 Å². The highest BCUT2D eigenvalue weighted by Crippen LogP contribution is 2.31. The van der Waals surface area contributed by atoms with Crippen LogP contribution in [0.4, 0.5) is 17.3 Å². The highest BCUT2D eigenvalue weighted by atomic mass is 35.5. The molecular formula is C23H26ClN7O. The van der Waals surface area contributed by atoms with Gasteiger partial charge in [-0.1, -0.05) is 23.7 Å². The maximum atomic E-state index is 6.45. The van der Waals surface area contributed by atoms with Crippen LogP contribution in [0, 0.1) is 6.92 Å². The molecule has 0 aliphatic carbocycles. The first-order valence-electron chi connectivity index (χ1n) is 10.8. The van der Waals surface area contributed by atoms with Crippen molar-refractivity contribution >= 4 is 45.5 Å². The zero-order chi connectivity index (χ0) is 22.1. The number of ether oxygens (including phenoxy) is 1. The minimum absolute atomic E-state index is 0.655. The molecule has 5 rings (SSSR count). The number of nitrogens with one attached hydrogen (secondary N) is 1. The largest absolute Gasteiger partial charge is 0.379 e. The van der Waals surface area contributed by atoms with Gasteiger partial charge in [-0.15, -0.1) is 0 Å². The lowest BCUT2D eigenvalue weighted by atomic mass is 10.2. The van der Waals surface area contributed by atoms with Gasteiger partial charge in [0.05, 0.1) is 53.7 Å². The molecule has 0 bridgehead atoms. The fraction of sp³-hybridized carbons (Fsp3) is 0.348. The minimum Gasteiger partial charge on any atom is -0.379 e. The number of halogens is 1. The molecule has 1 fully saturated rings. The smallest absolute Gasteiger partial charge is 0.157 e. The normalized spacial score (nSPS) is 14.8. The second-order valence-electron chi connectivity index (χ2n) is 8.07. The van der Waals surface area contributed by atoms with E-state index >= 15 is 0 Å². The van der Waals surface area contributed by atoms with Gasteiger partial charge >= 0.3 is 0 Å². The van der Waals surface area contributed by atoms with E-state index in [1.807, 2.05) is 41.8 Å². The Morgan fingerprint density at radius 3 is 2.84 bits per heavy atom. The highest BCUT2D eigenvalue weighted by molar-refractivity contribution is 6.33. The van der Waals surface area contributed by atoms with Crippen molar-refractivity contribution in [3.8, 4) is 0 Å². The second kappa shape index (κ2) is 8.90. The predicted octanol–water partition coefficient (Wildman–Crippen LogP) is 3.75. The van der Waals surface area contributed by atoms with Gasteiger partial charge < -0.3 is 15.0 Å². The lowest BCUT2D eigenvalue weighted by Crippen LogP contribution is -2.40. The van der Waals surface area contributed by atoms with Gasteiger partial charge in [-0.3, -0.25) is 9.30 Å². The van der Waals surface area contributed by atoms with Crippen LogP contribution in [0.2, 0.25) is 5.02 Å². The zero-order valence-corrected chi connectivity index (χ0v) is 19.0. The van der Waals surface area contributed by atoms with Crippen molar-refractivity contribution in [1.29, 1.82) is 0 Å². The van der Waals surface area contributed by atoms with Crippen molar-refractivity contribution in [3.63, 3.8) is 0 Å². The number of imidazole rings is 1. The number of rotatable bonds is 6. The van der Waals surface area contributed by atoms with Gasteiger partial charge in [-0.25, -0.2) is 15.0 Å². The molecule has 4 heterocycles. The van der Waals surface area contributed by atoms with Crippen LogP contribution in [-0.4, -0.2) is 70.7 Å². The van der Waals surface area contributed by atoms with E-state index in [-0.39, 0.29) is 0 Å². The molecule has 0 radical (unpaired) electrons. The van der Waals surface area contributed by atoms with E-state index in [2.05, 4.69) is 27.1 Å². The first-order valence-corrected chi connectivity index (χ1v) is 11.1. The summed E-state index contributed by atoms with van der Waals surface area (Å²) in [6.45, 7) is 7.47. The Morgan fingerprint density at radius 1 is 1.19 bits per heavy atom. The number of para-hydroxylation sites is 1. The SMILES string of the molecule is Cc1cccc(Cl)c1Nc1nc2cc(N(C)CCN3CCOCC3)ncc2n2cncc12. The number of hydrogen-bond acceptors (Lipinski definition) is 7. The predicted molar refractivity (Wildman–Crippen MR) is 128 cm³/mol. The summed E-state index contributed by atoms with van der Waals surface area (Å²) in [5, 5.41) is 4.08. The summed E-state index contributed by atoms with van der Waals surface area (Å²) in [6, 6.07) is 7.86. The molecule has 1 aromatic carbocycles.